The highest BCUT2D eigenvalue weighted by Crippen LogP contribution is 2.32. The fraction of sp³-hybridized carbons (Fsp3) is 0.333. The average molecular weight is 461 g/mol. The van der Waals surface area contributed by atoms with Crippen LogP contribution >= 0.6 is 21.0 Å². The third kappa shape index (κ3) is 4.78. The number of alkyl halides is 3. The number of piperazine rings is 1. The standard InChI is InChI=1S/C18H19F3IN3/c1-24-9-11-25(12-10-24)16-13-15(17(22-23-16)18(19,20)21)8-7-14-5-3-2-4-6-14/h2-8,13H,9-12H2,1H3/b8-7+. The van der Waals surface area contributed by atoms with Gasteiger partial charge < -0.3 is 9.80 Å². The number of benzene rings is 1. The summed E-state index contributed by atoms with van der Waals surface area (Å²) in [7, 11) is 2.05. The molecule has 1 aromatic carbocycles. The van der Waals surface area contributed by atoms with Crippen molar-refractivity contribution in [2.45, 2.75) is 6.18 Å². The number of likely N-dealkylation sites (N-methyl/N-ethyl adjacent to an activating group) is 1. The van der Waals surface area contributed by atoms with Crippen molar-refractivity contribution in [3.05, 3.63) is 53.6 Å². The molecule has 1 saturated heterocycles. The molecule has 25 heavy (non-hydrogen) atoms. The second-order valence-corrected chi connectivity index (χ2v) is 8.02. The van der Waals surface area contributed by atoms with Gasteiger partial charge in [0.05, 0.1) is 0 Å². The van der Waals surface area contributed by atoms with E-state index in [0.717, 1.165) is 31.7 Å². The quantitative estimate of drug-likeness (QED) is 0.623. The molecule has 0 bridgehead atoms. The molecule has 3 nitrogen and oxygen atoms in total. The molecular formula is C18H19F3IN3. The number of hydrogen-bond acceptors (Lipinski definition) is 3. The van der Waals surface area contributed by atoms with Gasteiger partial charge in [-0.05, 0) is 24.3 Å². The van der Waals surface area contributed by atoms with Gasteiger partial charge in [0.1, 0.15) is 9.34 Å². The van der Waals surface area contributed by atoms with Crippen molar-refractivity contribution in [1.29, 1.82) is 0 Å². The van der Waals surface area contributed by atoms with Gasteiger partial charge in [0, 0.05) is 47.2 Å². The minimum atomic E-state index is -4.32. The van der Waals surface area contributed by atoms with E-state index >= 15 is 0 Å². The predicted octanol–water partition coefficient (Wildman–Crippen LogP) is 3.91. The molecule has 1 fully saturated rings. The lowest BCUT2D eigenvalue weighted by Crippen LogP contribution is -2.47. The summed E-state index contributed by atoms with van der Waals surface area (Å²) in [6.07, 6.45) is 0.574. The van der Waals surface area contributed by atoms with Gasteiger partial charge in [-0.3, -0.25) is 0 Å². The van der Waals surface area contributed by atoms with Crippen LogP contribution in [0.5, 0.6) is 0 Å². The number of hydrogen-bond donors (Lipinski definition) is 0. The highest BCUT2D eigenvalue weighted by atomic mass is 127. The summed E-state index contributed by atoms with van der Waals surface area (Å²) < 4.78 is 43.9. The normalized spacial score (nSPS) is 20.0. The van der Waals surface area contributed by atoms with Gasteiger partial charge in [-0.25, -0.2) is 3.21 Å². The van der Waals surface area contributed by atoms with Gasteiger partial charge in [0.2, 0.25) is 0 Å². The first-order valence-electron chi connectivity index (χ1n) is 7.98. The van der Waals surface area contributed by atoms with E-state index in [4.69, 9.17) is 0 Å². The molecule has 2 heterocycles. The van der Waals surface area contributed by atoms with Crippen molar-refractivity contribution in [3.63, 3.8) is 0 Å². The van der Waals surface area contributed by atoms with Gasteiger partial charge in [0.15, 0.2) is 0 Å². The van der Waals surface area contributed by atoms with E-state index in [1.807, 2.05) is 37.4 Å². The molecule has 0 radical (unpaired) electrons. The van der Waals surface area contributed by atoms with Crippen molar-refractivity contribution >= 4 is 36.4 Å². The van der Waals surface area contributed by atoms with Crippen molar-refractivity contribution in [2.75, 3.05) is 33.2 Å². The van der Waals surface area contributed by atoms with E-state index in [-0.39, 0.29) is 5.57 Å². The average Bonchev–Trinajstić information content (AvgIpc) is 2.60. The van der Waals surface area contributed by atoms with Crippen LogP contribution in [0.1, 0.15) is 5.56 Å². The zero-order valence-electron chi connectivity index (χ0n) is 13.8. The van der Waals surface area contributed by atoms with E-state index in [1.165, 1.54) is 0 Å². The Morgan fingerprint density at radius 2 is 1.72 bits per heavy atom. The molecule has 134 valence electrons. The Kier molecular flexibility index (Phi) is 5.73. The van der Waals surface area contributed by atoms with Crippen LogP contribution in [0.2, 0.25) is 0 Å². The highest BCUT2D eigenvalue weighted by molar-refractivity contribution is 14.2. The smallest absolute Gasteiger partial charge is 0.354 e. The molecular weight excluding hydrogens is 442 g/mol. The molecule has 0 unspecified atom stereocenters. The monoisotopic (exact) mass is 461 g/mol. The fourth-order valence-electron chi connectivity index (χ4n) is 2.62. The Balaban J connectivity index is 1.87. The van der Waals surface area contributed by atoms with E-state index in [9.17, 15) is 13.2 Å². The van der Waals surface area contributed by atoms with Gasteiger partial charge in [-0.15, -0.1) is 0 Å². The third-order valence-corrected chi connectivity index (χ3v) is 6.53. The zero-order chi connectivity index (χ0) is 17.9. The lowest BCUT2D eigenvalue weighted by atomic mass is 10.1. The van der Waals surface area contributed by atoms with Gasteiger partial charge in [-0.2, -0.15) is 13.2 Å². The van der Waals surface area contributed by atoms with Crippen LogP contribution in [0.4, 0.5) is 13.2 Å². The summed E-state index contributed by atoms with van der Waals surface area (Å²) in [5.74, 6) is 0.696. The molecule has 3 rings (SSSR count). The molecule has 0 spiro atoms. The molecule has 0 atom stereocenters. The Morgan fingerprint density at radius 1 is 1.04 bits per heavy atom. The maximum Gasteiger partial charge on any atom is 0.423 e. The third-order valence-electron chi connectivity index (χ3n) is 4.08. The molecule has 2 aliphatic heterocycles. The molecule has 1 aromatic rings. The number of nitrogens with zero attached hydrogens (tertiary/aromatic N) is 3. The zero-order valence-corrected chi connectivity index (χ0v) is 16.0. The van der Waals surface area contributed by atoms with Crippen molar-refractivity contribution in [3.8, 4) is 0 Å². The van der Waals surface area contributed by atoms with Gasteiger partial charge >= 0.3 is 6.18 Å². The van der Waals surface area contributed by atoms with Crippen molar-refractivity contribution in [1.82, 2.24) is 9.80 Å². The predicted molar refractivity (Wildman–Crippen MR) is 105 cm³/mol. The lowest BCUT2D eigenvalue weighted by molar-refractivity contribution is -0.0552. The first-order valence-corrected chi connectivity index (χ1v) is 10.0. The summed E-state index contributed by atoms with van der Waals surface area (Å²) in [4.78, 5) is 4.30. The number of halogens is 4. The maximum atomic E-state index is 13.4. The van der Waals surface area contributed by atoms with Crippen molar-refractivity contribution in [2.24, 2.45) is 3.21 Å². The van der Waals surface area contributed by atoms with Crippen LogP contribution in [0.15, 0.2) is 51.3 Å². The maximum absolute atomic E-state index is 13.4. The number of amidine groups is 1. The molecule has 0 N–H and O–H groups in total. The lowest BCUT2D eigenvalue weighted by Gasteiger charge is -2.34. The number of allylic oxidation sites excluding steroid dienone is 2. The SMILES string of the molecule is CN1CCN(C2=NI=C(C(F)(F)F)C(/C=C/c3ccccc3)=C2)CC1. The van der Waals surface area contributed by atoms with Crippen LogP contribution in [0.3, 0.4) is 0 Å². The Labute approximate surface area is 155 Å². The second-order valence-electron chi connectivity index (χ2n) is 5.97. The summed E-state index contributed by atoms with van der Waals surface area (Å²) in [6, 6.07) is 9.37. The van der Waals surface area contributed by atoms with Crippen LogP contribution in [-0.2, 0) is 0 Å². The van der Waals surface area contributed by atoms with E-state index in [0.29, 0.717) is 5.84 Å². The van der Waals surface area contributed by atoms with Gasteiger partial charge in [-0.1, -0.05) is 42.5 Å². The number of rotatable bonds is 2. The van der Waals surface area contributed by atoms with Crippen LogP contribution < -0.4 is 0 Å². The first-order chi connectivity index (χ1) is 11.9. The highest BCUT2D eigenvalue weighted by Gasteiger charge is 2.38. The van der Waals surface area contributed by atoms with Crippen LogP contribution in [0, 0.1) is 0 Å². The van der Waals surface area contributed by atoms with Crippen LogP contribution in [0.25, 0.3) is 6.08 Å². The summed E-state index contributed by atoms with van der Waals surface area (Å²) in [5.41, 5.74) is 1.12. The largest absolute Gasteiger partial charge is 0.423 e. The van der Waals surface area contributed by atoms with Gasteiger partial charge in [0.25, 0.3) is 0 Å². The molecule has 0 aromatic heterocycles. The molecule has 0 saturated carbocycles. The Bertz CT molecular complexity index is 728. The van der Waals surface area contributed by atoms with E-state index < -0.39 is 30.7 Å². The Hall–Kier alpha value is -1.48. The molecule has 2 aliphatic rings. The summed E-state index contributed by atoms with van der Waals surface area (Å²) in [5, 5.41) is 0. The van der Waals surface area contributed by atoms with E-state index in [2.05, 4.69) is 13.0 Å². The molecule has 7 heteroatoms. The fourth-order valence-corrected chi connectivity index (χ4v) is 4.44. The Morgan fingerprint density at radius 3 is 2.36 bits per heavy atom. The minimum Gasteiger partial charge on any atom is -0.354 e. The first kappa shape index (κ1) is 18.3. The molecule has 0 amide bonds. The summed E-state index contributed by atoms with van der Waals surface area (Å²) in [6.45, 7) is 3.39. The van der Waals surface area contributed by atoms with E-state index in [1.54, 1.807) is 18.2 Å². The minimum absolute atomic E-state index is 0.244. The van der Waals surface area contributed by atoms with Crippen molar-refractivity contribution < 1.29 is 13.2 Å². The topological polar surface area (TPSA) is 18.8 Å². The summed E-state index contributed by atoms with van der Waals surface area (Å²) >= 11 is -1.44. The molecule has 0 aliphatic carbocycles. The van der Waals surface area contributed by atoms with Crippen LogP contribution in [-0.4, -0.2) is 58.5 Å². The second kappa shape index (κ2) is 7.82.